The molecule has 4 nitrogen and oxygen atoms in total. The fourth-order valence-corrected chi connectivity index (χ4v) is 1.27. The number of likely N-dealkylation sites (N-methyl/N-ethyl adjacent to an activating group) is 1. The van der Waals surface area contributed by atoms with Gasteiger partial charge in [-0.25, -0.2) is 0 Å². The smallest absolute Gasteiger partial charge is 0.325 e. The summed E-state index contributed by atoms with van der Waals surface area (Å²) in [7, 11) is 1.29. The van der Waals surface area contributed by atoms with Crippen LogP contribution in [0.3, 0.4) is 0 Å². The predicted octanol–water partition coefficient (Wildman–Crippen LogP) is 1.06. The van der Waals surface area contributed by atoms with Gasteiger partial charge in [-0.1, -0.05) is 24.1 Å². The van der Waals surface area contributed by atoms with Crippen LogP contribution in [0.15, 0.2) is 30.3 Å². The maximum absolute atomic E-state index is 11.7. The van der Waals surface area contributed by atoms with Crippen LogP contribution in [0, 0.1) is 11.8 Å². The van der Waals surface area contributed by atoms with E-state index in [2.05, 4.69) is 16.6 Å². The minimum atomic E-state index is -0.452. The van der Waals surface area contributed by atoms with Gasteiger partial charge in [0.25, 0.3) is 5.91 Å². The molecule has 0 bridgehead atoms. The second-order valence-electron chi connectivity index (χ2n) is 3.51. The van der Waals surface area contributed by atoms with Crippen molar-refractivity contribution in [2.24, 2.45) is 0 Å². The summed E-state index contributed by atoms with van der Waals surface area (Å²) in [6.07, 6.45) is 0. The summed E-state index contributed by atoms with van der Waals surface area (Å²) in [5, 5.41) is 0. The van der Waals surface area contributed by atoms with Gasteiger partial charge in [0, 0.05) is 18.0 Å². The van der Waals surface area contributed by atoms with E-state index < -0.39 is 5.97 Å². The number of carbonyl (C=O) groups excluding carboxylic acids is 2. The lowest BCUT2D eigenvalue weighted by Crippen LogP contribution is -2.35. The summed E-state index contributed by atoms with van der Waals surface area (Å²) in [5.74, 6) is 4.43. The van der Waals surface area contributed by atoms with Crippen LogP contribution < -0.4 is 0 Å². The largest absolute Gasteiger partial charge is 0.468 e. The Labute approximate surface area is 107 Å². The molecule has 0 aliphatic rings. The summed E-state index contributed by atoms with van der Waals surface area (Å²) in [5.41, 5.74) is 0.764. The van der Waals surface area contributed by atoms with Gasteiger partial charge in [0.2, 0.25) is 0 Å². The highest BCUT2D eigenvalue weighted by atomic mass is 16.5. The molecule has 0 fully saturated rings. The SMILES string of the molecule is CCN(CC(=O)OC)C(=O)C#Cc1ccccc1. The van der Waals surface area contributed by atoms with Crippen molar-refractivity contribution in [1.82, 2.24) is 4.90 Å². The second kappa shape index (κ2) is 7.13. The van der Waals surface area contributed by atoms with E-state index >= 15 is 0 Å². The molecule has 0 spiro atoms. The molecule has 0 aromatic heterocycles. The van der Waals surface area contributed by atoms with E-state index in [-0.39, 0.29) is 12.5 Å². The fourth-order valence-electron chi connectivity index (χ4n) is 1.27. The molecule has 0 atom stereocenters. The number of esters is 1. The number of amides is 1. The van der Waals surface area contributed by atoms with Crippen molar-refractivity contribution in [3.8, 4) is 11.8 Å². The maximum atomic E-state index is 11.7. The van der Waals surface area contributed by atoms with Gasteiger partial charge in [-0.2, -0.15) is 0 Å². The zero-order chi connectivity index (χ0) is 13.4. The molecule has 1 rings (SSSR count). The molecular weight excluding hydrogens is 230 g/mol. The van der Waals surface area contributed by atoms with Crippen molar-refractivity contribution in [1.29, 1.82) is 0 Å². The number of hydrogen-bond acceptors (Lipinski definition) is 3. The van der Waals surface area contributed by atoms with Gasteiger partial charge in [-0.05, 0) is 19.1 Å². The average molecular weight is 245 g/mol. The fraction of sp³-hybridized carbons (Fsp3) is 0.286. The standard InChI is InChI=1S/C14H15NO3/c1-3-15(11-14(17)18-2)13(16)10-9-12-7-5-4-6-8-12/h4-8H,3,11H2,1-2H3. The van der Waals surface area contributed by atoms with E-state index in [0.717, 1.165) is 5.56 Å². The third-order valence-corrected chi connectivity index (χ3v) is 2.30. The van der Waals surface area contributed by atoms with E-state index in [1.165, 1.54) is 12.0 Å². The first-order chi connectivity index (χ1) is 8.67. The van der Waals surface area contributed by atoms with E-state index in [4.69, 9.17) is 0 Å². The molecule has 0 unspecified atom stereocenters. The van der Waals surface area contributed by atoms with E-state index in [1.807, 2.05) is 30.3 Å². The molecule has 1 aromatic rings. The lowest BCUT2D eigenvalue weighted by molar-refractivity contribution is -0.145. The van der Waals surface area contributed by atoms with Gasteiger partial charge < -0.3 is 9.64 Å². The molecule has 0 saturated heterocycles. The molecule has 0 N–H and O–H groups in total. The molecule has 1 aromatic carbocycles. The number of benzene rings is 1. The molecule has 94 valence electrons. The Morgan fingerprint density at radius 1 is 1.28 bits per heavy atom. The summed E-state index contributed by atoms with van der Waals surface area (Å²) in [4.78, 5) is 24.2. The molecule has 0 aliphatic heterocycles. The van der Waals surface area contributed by atoms with E-state index in [9.17, 15) is 9.59 Å². The molecule has 18 heavy (non-hydrogen) atoms. The number of ether oxygens (including phenoxy) is 1. The number of carbonyl (C=O) groups is 2. The Balaban J connectivity index is 2.69. The van der Waals surface area contributed by atoms with Crippen LogP contribution in [0.1, 0.15) is 12.5 Å². The van der Waals surface area contributed by atoms with Crippen molar-refractivity contribution < 1.29 is 14.3 Å². The van der Waals surface area contributed by atoms with Crippen LogP contribution in [0.25, 0.3) is 0 Å². The number of methoxy groups -OCH3 is 1. The Hall–Kier alpha value is -2.28. The Morgan fingerprint density at radius 3 is 2.50 bits per heavy atom. The monoisotopic (exact) mass is 245 g/mol. The molecule has 4 heteroatoms. The topological polar surface area (TPSA) is 46.6 Å². The van der Waals surface area contributed by atoms with Gasteiger partial charge in [0.15, 0.2) is 0 Å². The van der Waals surface area contributed by atoms with Crippen LogP contribution >= 0.6 is 0 Å². The Kier molecular flexibility index (Phi) is 5.46. The lowest BCUT2D eigenvalue weighted by Gasteiger charge is -2.15. The van der Waals surface area contributed by atoms with E-state index in [0.29, 0.717) is 6.54 Å². The average Bonchev–Trinajstić information content (AvgIpc) is 2.42. The third-order valence-electron chi connectivity index (χ3n) is 2.30. The van der Waals surface area contributed by atoms with Crippen molar-refractivity contribution in [2.45, 2.75) is 6.92 Å². The zero-order valence-electron chi connectivity index (χ0n) is 10.5. The zero-order valence-corrected chi connectivity index (χ0v) is 10.5. The molecular formula is C14H15NO3. The van der Waals surface area contributed by atoms with E-state index in [1.54, 1.807) is 6.92 Å². The van der Waals surface area contributed by atoms with Crippen LogP contribution in [-0.4, -0.2) is 37.0 Å². The first-order valence-electron chi connectivity index (χ1n) is 5.60. The quantitative estimate of drug-likeness (QED) is 0.591. The van der Waals surface area contributed by atoms with Crippen molar-refractivity contribution in [3.63, 3.8) is 0 Å². The summed E-state index contributed by atoms with van der Waals surface area (Å²) in [6.45, 7) is 2.12. The van der Waals surface area contributed by atoms with Gasteiger partial charge in [0.1, 0.15) is 6.54 Å². The number of hydrogen-bond donors (Lipinski definition) is 0. The van der Waals surface area contributed by atoms with Gasteiger partial charge in [-0.15, -0.1) is 0 Å². The minimum Gasteiger partial charge on any atom is -0.468 e. The van der Waals surface area contributed by atoms with Gasteiger partial charge >= 0.3 is 5.97 Å². The third kappa shape index (κ3) is 4.30. The van der Waals surface area contributed by atoms with Crippen molar-refractivity contribution in [2.75, 3.05) is 20.2 Å². The normalized spacial score (nSPS) is 9.00. The number of rotatable bonds is 3. The highest BCUT2D eigenvalue weighted by Gasteiger charge is 2.13. The van der Waals surface area contributed by atoms with Gasteiger partial charge in [0.05, 0.1) is 7.11 Å². The Bertz CT molecular complexity index is 471. The maximum Gasteiger partial charge on any atom is 0.325 e. The first kappa shape index (κ1) is 13.8. The van der Waals surface area contributed by atoms with Crippen molar-refractivity contribution >= 4 is 11.9 Å². The second-order valence-corrected chi connectivity index (χ2v) is 3.51. The summed E-state index contributed by atoms with van der Waals surface area (Å²) < 4.78 is 4.51. The lowest BCUT2D eigenvalue weighted by atomic mass is 10.2. The summed E-state index contributed by atoms with van der Waals surface area (Å²) in [6, 6.07) is 9.21. The van der Waals surface area contributed by atoms with Gasteiger partial charge in [-0.3, -0.25) is 9.59 Å². The van der Waals surface area contributed by atoms with Crippen molar-refractivity contribution in [3.05, 3.63) is 35.9 Å². The molecule has 1 amide bonds. The predicted molar refractivity (Wildman–Crippen MR) is 67.6 cm³/mol. The highest BCUT2D eigenvalue weighted by Crippen LogP contribution is 1.96. The highest BCUT2D eigenvalue weighted by molar-refractivity contribution is 5.95. The minimum absolute atomic E-state index is 0.0741. The molecule has 0 aliphatic carbocycles. The summed E-state index contributed by atoms with van der Waals surface area (Å²) >= 11 is 0. The molecule has 0 saturated carbocycles. The van der Waals surface area contributed by atoms with Crippen LogP contribution in [-0.2, 0) is 14.3 Å². The van der Waals surface area contributed by atoms with Crippen LogP contribution in [0.5, 0.6) is 0 Å². The Morgan fingerprint density at radius 2 is 1.94 bits per heavy atom. The molecule has 0 heterocycles. The van der Waals surface area contributed by atoms with Crippen LogP contribution in [0.2, 0.25) is 0 Å². The number of nitrogens with zero attached hydrogens (tertiary/aromatic N) is 1. The first-order valence-corrected chi connectivity index (χ1v) is 5.60. The van der Waals surface area contributed by atoms with Crippen LogP contribution in [0.4, 0.5) is 0 Å². The molecule has 0 radical (unpaired) electrons.